The number of para-hydroxylation sites is 2. The number of halogens is 24. The van der Waals surface area contributed by atoms with E-state index in [0.29, 0.717) is 39.6 Å². The molecule has 0 heterocycles. The molecule has 8 aromatic rings. The van der Waals surface area contributed by atoms with Gasteiger partial charge in [-0.25, -0.2) is 0 Å². The molecule has 0 aliphatic heterocycles. The molecule has 0 spiro atoms. The van der Waals surface area contributed by atoms with Gasteiger partial charge in [0.05, 0.1) is 70.9 Å². The maximum Gasteiger partial charge on any atom is 0.416 e. The summed E-state index contributed by atoms with van der Waals surface area (Å²) in [7, 11) is -0.251. The van der Waals surface area contributed by atoms with Crippen molar-refractivity contribution < 1.29 is 124 Å². The van der Waals surface area contributed by atoms with Gasteiger partial charge in [-0.15, -0.1) is 0 Å². The maximum atomic E-state index is 14.2. The van der Waals surface area contributed by atoms with Crippen LogP contribution in [0.3, 0.4) is 0 Å². The Morgan fingerprint density at radius 2 is 0.500 bits per heavy atom. The number of alkyl halides is 24. The molecule has 92 heavy (non-hydrogen) atoms. The zero-order valence-electron chi connectivity index (χ0n) is 46.3. The van der Waals surface area contributed by atoms with E-state index in [1.165, 1.54) is 14.7 Å². The van der Waals surface area contributed by atoms with E-state index in [1.807, 2.05) is 42.5 Å². The molecular weight excluding hydrogens is 1310 g/mol. The molecule has 0 radical (unpaired) electrons. The van der Waals surface area contributed by atoms with Gasteiger partial charge in [-0.3, -0.25) is 0 Å². The molecule has 0 amide bonds. The van der Waals surface area contributed by atoms with Gasteiger partial charge in [0.25, 0.3) is 0 Å². The van der Waals surface area contributed by atoms with Crippen molar-refractivity contribution in [1.29, 1.82) is 0 Å². The van der Waals surface area contributed by atoms with Crippen LogP contribution in [0.1, 0.15) is 44.5 Å². The van der Waals surface area contributed by atoms with Gasteiger partial charge in [0, 0.05) is 0 Å². The number of hydrogen-bond donors (Lipinski definition) is 0. The Labute approximate surface area is 509 Å². The van der Waals surface area contributed by atoms with E-state index in [4.69, 9.17) is 18.9 Å². The Bertz CT molecular complexity index is 3260. The van der Waals surface area contributed by atoms with Crippen molar-refractivity contribution in [3.63, 3.8) is 0 Å². The van der Waals surface area contributed by atoms with Gasteiger partial charge >= 0.3 is 49.4 Å². The van der Waals surface area contributed by atoms with Gasteiger partial charge in [0.15, 0.2) is 15.5 Å². The molecular formula is C62H43BF24O4S. The molecule has 492 valence electrons. The van der Waals surface area contributed by atoms with Gasteiger partial charge in [-0.2, -0.15) is 127 Å². The fourth-order valence-electron chi connectivity index (χ4n) is 9.58. The third kappa shape index (κ3) is 18.2. The van der Waals surface area contributed by atoms with Crippen molar-refractivity contribution in [2.24, 2.45) is 0 Å². The van der Waals surface area contributed by atoms with Crippen LogP contribution < -0.4 is 31.3 Å². The lowest BCUT2D eigenvalue weighted by molar-refractivity contribution is -0.144. The van der Waals surface area contributed by atoms with Crippen LogP contribution in [0.2, 0.25) is 0 Å². The number of benzene rings is 8. The second-order valence-corrected chi connectivity index (χ2v) is 21.8. The normalized spacial score (nSPS) is 13.0. The molecule has 30 heteroatoms. The Kier molecular flexibility index (Phi) is 21.8. The average Bonchev–Trinajstić information content (AvgIpc) is 0.709. The topological polar surface area (TPSA) is 36.9 Å². The van der Waals surface area contributed by atoms with Crippen molar-refractivity contribution in [3.05, 3.63) is 233 Å². The van der Waals surface area contributed by atoms with Gasteiger partial charge in [0.1, 0.15) is 36.0 Å². The summed E-state index contributed by atoms with van der Waals surface area (Å²) in [6.07, 6.45) is -54.8. The molecule has 4 nitrogen and oxygen atoms in total. The van der Waals surface area contributed by atoms with Crippen molar-refractivity contribution in [2.75, 3.05) is 39.6 Å². The Hall–Kier alpha value is -7.99. The smallest absolute Gasteiger partial charge is 0.416 e. The molecule has 0 aromatic heterocycles. The van der Waals surface area contributed by atoms with Crippen molar-refractivity contribution in [3.8, 4) is 11.5 Å². The second kappa shape index (κ2) is 28.1. The molecule has 0 fully saturated rings. The van der Waals surface area contributed by atoms with Crippen LogP contribution in [0.15, 0.2) is 203 Å². The summed E-state index contributed by atoms with van der Waals surface area (Å²) in [4.78, 5) is 3.70. The average molecular weight is 1350 g/mol. The van der Waals surface area contributed by atoms with Crippen molar-refractivity contribution in [1.82, 2.24) is 0 Å². The first kappa shape index (κ1) is 71.5. The highest BCUT2D eigenvalue weighted by Crippen LogP contribution is 2.42. The van der Waals surface area contributed by atoms with Crippen LogP contribution in [0.25, 0.3) is 0 Å². The molecule has 0 unspecified atom stereocenters. The van der Waals surface area contributed by atoms with Crippen LogP contribution in [0.4, 0.5) is 105 Å². The van der Waals surface area contributed by atoms with Crippen molar-refractivity contribution in [2.45, 2.75) is 64.1 Å². The molecule has 0 saturated heterocycles. The third-order valence-corrected chi connectivity index (χ3v) is 15.8. The van der Waals surface area contributed by atoms with E-state index in [0.717, 1.165) is 11.5 Å². The first-order valence-electron chi connectivity index (χ1n) is 26.4. The first-order valence-corrected chi connectivity index (χ1v) is 27.7. The maximum absolute atomic E-state index is 14.2. The van der Waals surface area contributed by atoms with E-state index in [1.54, 1.807) is 0 Å². The number of hydrogen-bond acceptors (Lipinski definition) is 4. The Morgan fingerprint density at radius 1 is 0.261 bits per heavy atom. The monoisotopic (exact) mass is 1350 g/mol. The number of ether oxygens (including phenoxy) is 4. The van der Waals surface area contributed by atoms with E-state index < -0.39 is 195 Å². The SMILES string of the molecule is FC(F)(F)c1cc([B-](c2cc(C(F)(F)F)cc(C(F)(F)F)c2)(c2cc(C(F)(F)F)cc(C(F)(F)F)c2)c2cc(C(F)(F)F)cc(C(F)(F)F)c2)cc(C(F)(F)F)c1.c1ccc(OCCOCCOCCOc2ccccc2[S+](c2ccccc2)c2ccccc2)cc1. The molecule has 0 aliphatic carbocycles. The fourth-order valence-corrected chi connectivity index (χ4v) is 11.8. The second-order valence-electron chi connectivity index (χ2n) is 19.8. The summed E-state index contributed by atoms with van der Waals surface area (Å²) in [5.74, 6) is 1.74. The zero-order valence-corrected chi connectivity index (χ0v) is 47.1. The minimum Gasteiger partial charge on any atom is -0.491 e. The molecule has 0 N–H and O–H groups in total. The largest absolute Gasteiger partial charge is 0.491 e. The summed E-state index contributed by atoms with van der Waals surface area (Å²) in [6.45, 7) is 3.09. The van der Waals surface area contributed by atoms with Gasteiger partial charge in [0.2, 0.25) is 4.90 Å². The predicted octanol–water partition coefficient (Wildman–Crippen LogP) is 17.5. The van der Waals surface area contributed by atoms with E-state index in [9.17, 15) is 105 Å². The Balaban J connectivity index is 0.000000292. The molecule has 8 rings (SSSR count). The highest BCUT2D eigenvalue weighted by atomic mass is 32.2. The summed E-state index contributed by atoms with van der Waals surface area (Å²) >= 11 is 0. The lowest BCUT2D eigenvalue weighted by Gasteiger charge is -2.46. The molecule has 0 bridgehead atoms. The Morgan fingerprint density at radius 3 is 0.783 bits per heavy atom. The van der Waals surface area contributed by atoms with Crippen LogP contribution in [0.5, 0.6) is 11.5 Å². The van der Waals surface area contributed by atoms with E-state index in [2.05, 4.69) is 72.8 Å². The van der Waals surface area contributed by atoms with Crippen LogP contribution in [-0.4, -0.2) is 45.8 Å². The predicted molar refractivity (Wildman–Crippen MR) is 291 cm³/mol. The quantitative estimate of drug-likeness (QED) is 0.0371. The number of rotatable bonds is 18. The summed E-state index contributed by atoms with van der Waals surface area (Å²) < 4.78 is 364. The highest BCUT2D eigenvalue weighted by Gasteiger charge is 2.47. The standard InChI is InChI=1S/C32H12BF24.C30H31O4S/c34-25(35,36)13-1-14(26(37,38)39)6-21(5-13)33(22-7-15(27(40,41)42)2-16(8-22)28(43,44)45,23-9-17(29(46,47)48)3-18(10-23)30(49,50)51)24-11-19(31(52,53)54)4-20(12-24)32(55,56)57;1-4-12-26(13-5-1)33-24-22-31-20-21-32-23-25-34-29-18-10-11-19-30(29)35(27-14-6-2-7-15-27)28-16-8-3-9-17-28/h1-12H;1-19H,20-25H2/q-1;+1. The highest BCUT2D eigenvalue weighted by molar-refractivity contribution is 7.97. The minimum atomic E-state index is -6.13. The minimum absolute atomic E-state index is 0.251. The summed E-state index contributed by atoms with van der Waals surface area (Å²) in [6, 6.07) is 30.4. The summed E-state index contributed by atoms with van der Waals surface area (Å²) in [5, 5.41) is 0. The van der Waals surface area contributed by atoms with Crippen LogP contribution in [0, 0.1) is 0 Å². The molecule has 8 aromatic carbocycles. The fraction of sp³-hybridized carbons (Fsp3) is 0.226. The van der Waals surface area contributed by atoms with Gasteiger partial charge < -0.3 is 18.9 Å². The van der Waals surface area contributed by atoms with Gasteiger partial charge in [-0.05, 0) is 72.8 Å². The molecule has 0 saturated carbocycles. The molecule has 0 atom stereocenters. The lowest BCUT2D eigenvalue weighted by Crippen LogP contribution is -2.75. The van der Waals surface area contributed by atoms with Crippen LogP contribution in [-0.2, 0) is 69.8 Å². The van der Waals surface area contributed by atoms with Gasteiger partial charge in [-0.1, -0.05) is 115 Å². The van der Waals surface area contributed by atoms with Crippen molar-refractivity contribution >= 4 is 38.9 Å². The third-order valence-electron chi connectivity index (χ3n) is 13.6. The zero-order chi connectivity index (χ0) is 67.9. The molecule has 0 aliphatic rings. The lowest BCUT2D eigenvalue weighted by atomic mass is 9.12. The van der Waals surface area contributed by atoms with Crippen LogP contribution >= 0.6 is 0 Å². The van der Waals surface area contributed by atoms with E-state index >= 15 is 0 Å². The first-order chi connectivity index (χ1) is 42.7. The summed E-state index contributed by atoms with van der Waals surface area (Å²) in [5.41, 5.74) is -30.2. The van der Waals surface area contributed by atoms with E-state index in [-0.39, 0.29) is 10.9 Å².